The first-order valence-corrected chi connectivity index (χ1v) is 5.29. The van der Waals surface area contributed by atoms with Crippen LogP contribution < -0.4 is 9.64 Å². The molecule has 1 amide bonds. The second kappa shape index (κ2) is 4.75. The van der Waals surface area contributed by atoms with Gasteiger partial charge in [0.25, 0.3) is 0 Å². The molecule has 0 bridgehead atoms. The molecule has 0 aliphatic carbocycles. The number of likely N-dealkylation sites (N-methyl/N-ethyl adjacent to an activating group) is 1. The van der Waals surface area contributed by atoms with Crippen LogP contribution >= 0.6 is 0 Å². The van der Waals surface area contributed by atoms with Crippen LogP contribution in [0.25, 0.3) is 0 Å². The average molecular weight is 240 g/mol. The van der Waals surface area contributed by atoms with Crippen LogP contribution in [0.1, 0.15) is 13.8 Å². The standard InChI is InChI=1S/C13H18N2O2/c1-14(2)9-13(16)15-7-6-10-4-5-11(17-3)8-12(10)15/h4-5,8H,6-7,9H2,1-3H3/i1D3,2D3. The molecule has 0 aromatic heterocycles. The monoisotopic (exact) mass is 240 g/mol. The summed E-state index contributed by atoms with van der Waals surface area (Å²) in [6.07, 6.45) is 0.632. The molecular formula is C13H18N2O2. The number of ether oxygens (including phenoxy) is 1. The molecule has 4 heteroatoms. The summed E-state index contributed by atoms with van der Waals surface area (Å²) < 4.78 is 49.1. The lowest BCUT2D eigenvalue weighted by molar-refractivity contribution is -0.119. The SMILES string of the molecule is [2H]C([2H])([2H])N(CC(=O)N1CCc2ccc(OC)cc21)C([2H])([2H])[2H]. The quantitative estimate of drug-likeness (QED) is 0.794. The zero-order valence-electron chi connectivity index (χ0n) is 15.6. The topological polar surface area (TPSA) is 32.8 Å². The van der Waals surface area contributed by atoms with E-state index in [1.54, 1.807) is 12.1 Å². The third-order valence-electron chi connectivity index (χ3n) is 2.78. The van der Waals surface area contributed by atoms with Crippen molar-refractivity contribution in [1.29, 1.82) is 0 Å². The van der Waals surface area contributed by atoms with Gasteiger partial charge in [0.1, 0.15) is 5.75 Å². The van der Waals surface area contributed by atoms with Crippen molar-refractivity contribution in [3.8, 4) is 5.75 Å². The first kappa shape index (κ1) is 6.40. The molecule has 1 heterocycles. The number of rotatable bonds is 3. The van der Waals surface area contributed by atoms with E-state index >= 15 is 0 Å². The summed E-state index contributed by atoms with van der Waals surface area (Å²) in [4.78, 5) is 14.1. The van der Waals surface area contributed by atoms with Crippen molar-refractivity contribution in [2.75, 3.05) is 39.1 Å². The number of hydrogen-bond donors (Lipinski definition) is 0. The number of carbonyl (C=O) groups is 1. The summed E-state index contributed by atoms with van der Waals surface area (Å²) in [6, 6.07) is 5.31. The molecule has 1 aliphatic rings. The highest BCUT2D eigenvalue weighted by atomic mass is 16.5. The minimum absolute atomic E-state index is 0.264. The van der Waals surface area contributed by atoms with Gasteiger partial charge in [0.2, 0.25) is 5.91 Å². The van der Waals surface area contributed by atoms with E-state index in [9.17, 15) is 4.79 Å². The number of amides is 1. The normalized spacial score (nSPS) is 20.7. The average Bonchev–Trinajstić information content (AvgIpc) is 2.84. The van der Waals surface area contributed by atoms with E-state index < -0.39 is 26.4 Å². The van der Waals surface area contributed by atoms with Gasteiger partial charge in [-0.3, -0.25) is 4.79 Å². The minimum Gasteiger partial charge on any atom is -0.497 e. The maximum absolute atomic E-state index is 12.5. The van der Waals surface area contributed by atoms with Gasteiger partial charge in [0.15, 0.2) is 0 Å². The van der Waals surface area contributed by atoms with Crippen LogP contribution in [-0.2, 0) is 11.2 Å². The van der Waals surface area contributed by atoms with Crippen molar-refractivity contribution in [1.82, 2.24) is 4.90 Å². The van der Waals surface area contributed by atoms with Crippen molar-refractivity contribution in [2.24, 2.45) is 0 Å². The van der Waals surface area contributed by atoms with Gasteiger partial charge in [-0.2, -0.15) is 0 Å². The summed E-state index contributed by atoms with van der Waals surface area (Å²) in [5, 5.41) is 0. The molecule has 0 radical (unpaired) electrons. The molecule has 0 saturated heterocycles. The van der Waals surface area contributed by atoms with E-state index in [1.165, 1.54) is 12.0 Å². The molecule has 0 fully saturated rings. The Balaban J connectivity index is 2.23. The van der Waals surface area contributed by atoms with Gasteiger partial charge in [-0.15, -0.1) is 0 Å². The molecular weight excluding hydrogens is 216 g/mol. The minimum atomic E-state index is -2.88. The summed E-state index contributed by atoms with van der Waals surface area (Å²) in [5.41, 5.74) is 1.57. The molecule has 4 nitrogen and oxygen atoms in total. The van der Waals surface area contributed by atoms with E-state index in [-0.39, 0.29) is 4.90 Å². The highest BCUT2D eigenvalue weighted by molar-refractivity contribution is 5.97. The lowest BCUT2D eigenvalue weighted by Crippen LogP contribution is -2.36. The smallest absolute Gasteiger partial charge is 0.241 e. The largest absolute Gasteiger partial charge is 0.497 e. The summed E-state index contributed by atoms with van der Waals surface area (Å²) in [6.45, 7) is -6.07. The highest BCUT2D eigenvalue weighted by Gasteiger charge is 2.25. The number of fused-ring (bicyclic) bond motifs is 1. The van der Waals surface area contributed by atoms with Crippen LogP contribution in [0.2, 0.25) is 0 Å². The van der Waals surface area contributed by atoms with E-state index in [0.29, 0.717) is 24.4 Å². The Kier molecular flexibility index (Phi) is 1.79. The fourth-order valence-corrected chi connectivity index (χ4v) is 1.97. The molecule has 1 aliphatic heterocycles. The zero-order valence-corrected chi connectivity index (χ0v) is 9.56. The van der Waals surface area contributed by atoms with Crippen LogP contribution in [-0.4, -0.2) is 45.0 Å². The van der Waals surface area contributed by atoms with Crippen LogP contribution in [0.3, 0.4) is 0 Å². The van der Waals surface area contributed by atoms with Crippen molar-refractivity contribution in [3.63, 3.8) is 0 Å². The third-order valence-corrected chi connectivity index (χ3v) is 2.78. The van der Waals surface area contributed by atoms with Crippen LogP contribution in [0.4, 0.5) is 5.69 Å². The van der Waals surface area contributed by atoms with Crippen molar-refractivity contribution in [2.45, 2.75) is 6.42 Å². The van der Waals surface area contributed by atoms with Crippen molar-refractivity contribution in [3.05, 3.63) is 23.8 Å². The lowest BCUT2D eigenvalue weighted by Gasteiger charge is -2.20. The second-order valence-electron chi connectivity index (χ2n) is 3.88. The Morgan fingerprint density at radius 2 is 2.41 bits per heavy atom. The predicted octanol–water partition coefficient (Wildman–Crippen LogP) is 1.15. The number of hydrogen-bond acceptors (Lipinski definition) is 3. The van der Waals surface area contributed by atoms with Crippen LogP contribution in [0, 0.1) is 0 Å². The van der Waals surface area contributed by atoms with E-state index in [0.717, 1.165) is 5.56 Å². The second-order valence-corrected chi connectivity index (χ2v) is 3.88. The van der Waals surface area contributed by atoms with Crippen LogP contribution in [0.15, 0.2) is 18.2 Å². The number of benzene rings is 1. The summed E-state index contributed by atoms with van der Waals surface area (Å²) in [7, 11) is 1.51. The van der Waals surface area contributed by atoms with E-state index in [2.05, 4.69) is 0 Å². The Morgan fingerprint density at radius 3 is 3.12 bits per heavy atom. The number of carbonyl (C=O) groups excluding carboxylic acids is 1. The van der Waals surface area contributed by atoms with Crippen molar-refractivity contribution < 1.29 is 17.8 Å². The fourth-order valence-electron chi connectivity index (χ4n) is 1.97. The molecule has 0 atom stereocenters. The number of nitrogens with zero attached hydrogens (tertiary/aromatic N) is 2. The van der Waals surface area contributed by atoms with Gasteiger partial charge in [-0.25, -0.2) is 0 Å². The van der Waals surface area contributed by atoms with Gasteiger partial charge in [-0.05, 0) is 32.0 Å². The molecule has 0 saturated carbocycles. The van der Waals surface area contributed by atoms with Gasteiger partial charge in [0.05, 0.1) is 19.3 Å². The van der Waals surface area contributed by atoms with E-state index in [1.807, 2.05) is 6.07 Å². The number of methoxy groups -OCH3 is 1. The Morgan fingerprint density at radius 1 is 1.59 bits per heavy atom. The first-order chi connectivity index (χ1) is 10.5. The zero-order chi connectivity index (χ0) is 17.4. The highest BCUT2D eigenvalue weighted by Crippen LogP contribution is 2.31. The molecule has 1 aromatic rings. The fraction of sp³-hybridized carbons (Fsp3) is 0.462. The van der Waals surface area contributed by atoms with Gasteiger partial charge >= 0.3 is 0 Å². The molecule has 92 valence electrons. The summed E-state index contributed by atoms with van der Waals surface area (Å²) >= 11 is 0. The Labute approximate surface area is 110 Å². The van der Waals surface area contributed by atoms with Gasteiger partial charge in [0, 0.05) is 20.8 Å². The first-order valence-electron chi connectivity index (χ1n) is 8.29. The maximum atomic E-state index is 12.5. The van der Waals surface area contributed by atoms with Crippen molar-refractivity contribution >= 4 is 11.6 Å². The third kappa shape index (κ3) is 2.42. The Hall–Kier alpha value is -1.55. The molecule has 0 N–H and O–H groups in total. The lowest BCUT2D eigenvalue weighted by atomic mass is 10.1. The molecule has 2 rings (SSSR count). The van der Waals surface area contributed by atoms with Gasteiger partial charge in [-0.1, -0.05) is 6.07 Å². The summed E-state index contributed by atoms with van der Waals surface area (Å²) in [5.74, 6) is 0.0104. The maximum Gasteiger partial charge on any atom is 0.241 e. The number of anilines is 1. The molecule has 0 spiro atoms. The van der Waals surface area contributed by atoms with E-state index in [4.69, 9.17) is 13.0 Å². The molecule has 1 aromatic carbocycles. The molecule has 17 heavy (non-hydrogen) atoms. The molecule has 0 unspecified atom stereocenters. The predicted molar refractivity (Wildman–Crippen MR) is 67.6 cm³/mol. The van der Waals surface area contributed by atoms with Crippen LogP contribution in [0.5, 0.6) is 5.75 Å². The van der Waals surface area contributed by atoms with Gasteiger partial charge < -0.3 is 14.5 Å². The Bertz CT molecular complexity index is 585.